The van der Waals surface area contributed by atoms with Crippen molar-refractivity contribution in [3.63, 3.8) is 0 Å². The molecule has 11 heteroatoms. The third kappa shape index (κ3) is 5.95. The minimum Gasteiger partial charge on any atom is -0.492 e. The highest BCUT2D eigenvalue weighted by Crippen LogP contribution is 2.32. The van der Waals surface area contributed by atoms with Gasteiger partial charge in [0.25, 0.3) is 21.6 Å². The topological polar surface area (TPSA) is 131 Å². The molecule has 3 aromatic rings. The molecule has 0 saturated heterocycles. The molecule has 176 valence electrons. The highest BCUT2D eigenvalue weighted by molar-refractivity contribution is 7.92. The van der Waals surface area contributed by atoms with Gasteiger partial charge >= 0.3 is 0 Å². The molecule has 0 aromatic heterocycles. The summed E-state index contributed by atoms with van der Waals surface area (Å²) in [5, 5.41) is 14.6. The smallest absolute Gasteiger partial charge is 0.269 e. The molecule has 3 aromatic carbocycles. The number of nitrogens with one attached hydrogen (secondary N) is 1. The second-order valence-electron chi connectivity index (χ2n) is 6.87. The Morgan fingerprint density at radius 2 is 1.71 bits per heavy atom. The van der Waals surface area contributed by atoms with Crippen LogP contribution in [0, 0.1) is 10.1 Å². The molecule has 0 aliphatic rings. The van der Waals surface area contributed by atoms with E-state index in [1.807, 2.05) is 0 Å². The molecule has 1 amide bonds. The second kappa shape index (κ2) is 11.1. The predicted octanol–water partition coefficient (Wildman–Crippen LogP) is 3.34. The Balaban J connectivity index is 1.84. The highest BCUT2D eigenvalue weighted by atomic mass is 32.2. The normalized spacial score (nSPS) is 11.2. The predicted molar refractivity (Wildman–Crippen MR) is 127 cm³/mol. The average molecular weight is 483 g/mol. The molecule has 0 atom stereocenters. The van der Waals surface area contributed by atoms with Gasteiger partial charge in [0.15, 0.2) is 0 Å². The number of nitro groups is 1. The maximum atomic E-state index is 13.4. The van der Waals surface area contributed by atoms with Gasteiger partial charge in [-0.05, 0) is 48.9 Å². The second-order valence-corrected chi connectivity index (χ2v) is 8.73. The standard InChI is InChI=1S/C23H22N4O6S/c1-2-33-22-11-7-6-10-21(22)26(34(31,32)20-8-4-3-5-9-20)17-23(28)25-24-16-18-12-14-19(15-13-18)27(29)30/h3-16H,2,17H2,1H3,(H,25,28)/b24-16-. The number of nitrogens with zero attached hydrogens (tertiary/aromatic N) is 3. The van der Waals surface area contributed by atoms with E-state index in [-0.39, 0.29) is 16.3 Å². The number of hydrogen-bond acceptors (Lipinski definition) is 7. The zero-order valence-electron chi connectivity index (χ0n) is 18.2. The molecule has 0 aliphatic carbocycles. The first kappa shape index (κ1) is 24.4. The molecule has 0 unspecified atom stereocenters. The van der Waals surface area contributed by atoms with Crippen molar-refractivity contribution in [2.75, 3.05) is 17.5 Å². The van der Waals surface area contributed by atoms with Crippen molar-refractivity contribution in [3.8, 4) is 5.75 Å². The van der Waals surface area contributed by atoms with Crippen LogP contribution >= 0.6 is 0 Å². The lowest BCUT2D eigenvalue weighted by atomic mass is 10.2. The lowest BCUT2D eigenvalue weighted by Crippen LogP contribution is -2.39. The zero-order chi connectivity index (χ0) is 24.6. The summed E-state index contributed by atoms with van der Waals surface area (Å²) in [4.78, 5) is 22.9. The Morgan fingerprint density at radius 3 is 2.35 bits per heavy atom. The summed E-state index contributed by atoms with van der Waals surface area (Å²) >= 11 is 0. The number of anilines is 1. The quantitative estimate of drug-likeness (QED) is 0.268. The summed E-state index contributed by atoms with van der Waals surface area (Å²) in [6.07, 6.45) is 1.30. The number of hydrogen-bond donors (Lipinski definition) is 1. The largest absolute Gasteiger partial charge is 0.492 e. The van der Waals surface area contributed by atoms with E-state index in [1.54, 1.807) is 49.4 Å². The first-order valence-corrected chi connectivity index (χ1v) is 11.6. The number of sulfonamides is 1. The summed E-state index contributed by atoms with van der Waals surface area (Å²) in [5.74, 6) is -0.379. The fourth-order valence-corrected chi connectivity index (χ4v) is 4.44. The molecular weight excluding hydrogens is 460 g/mol. The van der Waals surface area contributed by atoms with Crippen LogP contribution in [-0.4, -0.2) is 38.6 Å². The van der Waals surface area contributed by atoms with Gasteiger partial charge in [-0.15, -0.1) is 0 Å². The maximum Gasteiger partial charge on any atom is 0.269 e. The lowest BCUT2D eigenvalue weighted by Gasteiger charge is -2.25. The number of ether oxygens (including phenoxy) is 1. The fraction of sp³-hybridized carbons (Fsp3) is 0.130. The van der Waals surface area contributed by atoms with Crippen molar-refractivity contribution >= 4 is 33.5 Å². The fourth-order valence-electron chi connectivity index (χ4n) is 2.99. The van der Waals surface area contributed by atoms with E-state index in [2.05, 4.69) is 10.5 Å². The van der Waals surface area contributed by atoms with Gasteiger partial charge in [0.1, 0.15) is 12.3 Å². The van der Waals surface area contributed by atoms with Crippen LogP contribution in [0.3, 0.4) is 0 Å². The van der Waals surface area contributed by atoms with Crippen molar-refractivity contribution < 1.29 is 22.9 Å². The first-order chi connectivity index (χ1) is 16.3. The van der Waals surface area contributed by atoms with Crippen LogP contribution in [0.5, 0.6) is 5.75 Å². The van der Waals surface area contributed by atoms with Crippen molar-refractivity contribution in [3.05, 3.63) is 94.5 Å². The Morgan fingerprint density at radius 1 is 1.06 bits per heavy atom. The van der Waals surface area contributed by atoms with E-state index in [9.17, 15) is 23.3 Å². The molecule has 34 heavy (non-hydrogen) atoms. The molecule has 0 saturated carbocycles. The molecule has 1 N–H and O–H groups in total. The van der Waals surface area contributed by atoms with E-state index in [1.165, 1.54) is 42.6 Å². The molecule has 0 aliphatic heterocycles. The van der Waals surface area contributed by atoms with Gasteiger partial charge in [-0.2, -0.15) is 5.10 Å². The third-order valence-corrected chi connectivity index (χ3v) is 6.33. The van der Waals surface area contributed by atoms with Crippen molar-refractivity contribution in [1.29, 1.82) is 0 Å². The van der Waals surface area contributed by atoms with Crippen molar-refractivity contribution in [2.24, 2.45) is 5.10 Å². The van der Waals surface area contributed by atoms with Crippen LogP contribution in [0.15, 0.2) is 88.9 Å². The maximum absolute atomic E-state index is 13.4. The van der Waals surface area contributed by atoms with Gasteiger partial charge in [0, 0.05) is 12.1 Å². The number of carbonyl (C=O) groups is 1. The molecule has 3 rings (SSSR count). The zero-order valence-corrected chi connectivity index (χ0v) is 19.0. The van der Waals surface area contributed by atoms with Crippen LogP contribution in [0.25, 0.3) is 0 Å². The van der Waals surface area contributed by atoms with Crippen LogP contribution in [0.4, 0.5) is 11.4 Å². The summed E-state index contributed by atoms with van der Waals surface area (Å²) in [7, 11) is -4.10. The third-order valence-electron chi connectivity index (χ3n) is 4.56. The van der Waals surface area contributed by atoms with Gasteiger partial charge in [-0.3, -0.25) is 19.2 Å². The minimum atomic E-state index is -4.10. The number of para-hydroxylation sites is 2. The Hall–Kier alpha value is -4.25. The van der Waals surface area contributed by atoms with Crippen molar-refractivity contribution in [1.82, 2.24) is 5.43 Å². The number of benzene rings is 3. The molecule has 0 bridgehead atoms. The molecule has 0 radical (unpaired) electrons. The number of non-ortho nitro benzene ring substituents is 1. The average Bonchev–Trinajstić information content (AvgIpc) is 2.84. The molecule has 0 heterocycles. The molecule has 0 fully saturated rings. The van der Waals surface area contributed by atoms with Gasteiger partial charge in [-0.25, -0.2) is 13.8 Å². The molecular formula is C23H22N4O6S. The molecule has 0 spiro atoms. The van der Waals surface area contributed by atoms with Crippen LogP contribution < -0.4 is 14.5 Å². The van der Waals surface area contributed by atoms with Crippen LogP contribution in [0.2, 0.25) is 0 Å². The van der Waals surface area contributed by atoms with Gasteiger partial charge in [0.2, 0.25) is 0 Å². The van der Waals surface area contributed by atoms with E-state index in [0.717, 1.165) is 4.31 Å². The highest BCUT2D eigenvalue weighted by Gasteiger charge is 2.29. The number of nitro benzene ring substituents is 1. The number of amides is 1. The van der Waals surface area contributed by atoms with Gasteiger partial charge in [-0.1, -0.05) is 30.3 Å². The lowest BCUT2D eigenvalue weighted by molar-refractivity contribution is -0.384. The van der Waals surface area contributed by atoms with Crippen LogP contribution in [-0.2, 0) is 14.8 Å². The first-order valence-electron chi connectivity index (χ1n) is 10.2. The van der Waals surface area contributed by atoms with E-state index < -0.39 is 27.4 Å². The van der Waals surface area contributed by atoms with Crippen LogP contribution in [0.1, 0.15) is 12.5 Å². The van der Waals surface area contributed by atoms with E-state index >= 15 is 0 Å². The number of carbonyl (C=O) groups excluding carboxylic acids is 1. The SMILES string of the molecule is CCOc1ccccc1N(CC(=O)N/N=C\c1ccc([N+](=O)[O-])cc1)S(=O)(=O)c1ccccc1. The van der Waals surface area contributed by atoms with E-state index in [4.69, 9.17) is 4.74 Å². The monoisotopic (exact) mass is 482 g/mol. The Bertz CT molecular complexity index is 1280. The Labute approximate surface area is 196 Å². The summed E-state index contributed by atoms with van der Waals surface area (Å²) in [6, 6.07) is 19.8. The minimum absolute atomic E-state index is 0.0171. The number of hydrazone groups is 1. The summed E-state index contributed by atoms with van der Waals surface area (Å²) < 4.78 is 33.4. The summed E-state index contributed by atoms with van der Waals surface area (Å²) in [5.41, 5.74) is 2.95. The molecule has 10 nitrogen and oxygen atoms in total. The van der Waals surface area contributed by atoms with Gasteiger partial charge < -0.3 is 4.74 Å². The van der Waals surface area contributed by atoms with E-state index in [0.29, 0.717) is 17.9 Å². The van der Waals surface area contributed by atoms with Gasteiger partial charge in [0.05, 0.1) is 28.3 Å². The summed E-state index contributed by atoms with van der Waals surface area (Å²) in [6.45, 7) is 1.52. The Kier molecular flexibility index (Phi) is 7.93. The number of rotatable bonds is 10. The van der Waals surface area contributed by atoms with Crippen molar-refractivity contribution in [2.45, 2.75) is 11.8 Å².